The maximum absolute atomic E-state index is 5.96. The van der Waals surface area contributed by atoms with Gasteiger partial charge in [-0.3, -0.25) is 0 Å². The Morgan fingerprint density at radius 1 is 0.789 bits per heavy atom. The fourth-order valence-corrected chi connectivity index (χ4v) is 2.87. The van der Waals surface area contributed by atoms with Crippen molar-refractivity contribution in [1.82, 2.24) is 0 Å². The Kier molecular flexibility index (Phi) is 3.43. The van der Waals surface area contributed by atoms with Gasteiger partial charge in [-0.2, -0.15) is 0 Å². The van der Waals surface area contributed by atoms with Gasteiger partial charge in [-0.1, -0.05) is 72.4 Å². The fourth-order valence-electron chi connectivity index (χ4n) is 2.00. The van der Waals surface area contributed by atoms with Crippen molar-refractivity contribution < 1.29 is 4.74 Å². The molecule has 2 aromatic carbocycles. The number of thioether (sulfide) groups is 1. The van der Waals surface area contributed by atoms with Gasteiger partial charge >= 0.3 is 0 Å². The summed E-state index contributed by atoms with van der Waals surface area (Å²) in [5.74, 6) is 1.88. The highest BCUT2D eigenvalue weighted by molar-refractivity contribution is 8.11. The maximum atomic E-state index is 5.96. The van der Waals surface area contributed by atoms with Crippen LogP contribution >= 0.6 is 11.8 Å². The van der Waals surface area contributed by atoms with Crippen molar-refractivity contribution in [2.45, 2.75) is 6.92 Å². The van der Waals surface area contributed by atoms with Crippen molar-refractivity contribution in [3.8, 4) is 0 Å². The lowest BCUT2D eigenvalue weighted by atomic mass is 10.1. The summed E-state index contributed by atoms with van der Waals surface area (Å²) >= 11 is 1.72. The molecule has 0 N–H and O–H groups in total. The van der Waals surface area contributed by atoms with E-state index in [1.165, 1.54) is 5.56 Å². The van der Waals surface area contributed by atoms with Gasteiger partial charge in [0.25, 0.3) is 0 Å². The highest BCUT2D eigenvalue weighted by Gasteiger charge is 2.17. The van der Waals surface area contributed by atoms with E-state index < -0.39 is 0 Å². The lowest BCUT2D eigenvalue weighted by Gasteiger charge is -2.20. The van der Waals surface area contributed by atoms with Crippen LogP contribution < -0.4 is 0 Å². The van der Waals surface area contributed by atoms with E-state index in [-0.39, 0.29) is 0 Å². The predicted octanol–water partition coefficient (Wildman–Crippen LogP) is 5.14. The molecule has 0 spiro atoms. The van der Waals surface area contributed by atoms with Gasteiger partial charge in [0.05, 0.1) is 4.91 Å². The minimum Gasteiger partial charge on any atom is -0.460 e. The molecule has 0 radical (unpaired) electrons. The highest BCUT2D eigenvalue weighted by Crippen LogP contribution is 2.41. The average molecular weight is 266 g/mol. The van der Waals surface area contributed by atoms with Gasteiger partial charge in [0, 0.05) is 11.0 Å². The van der Waals surface area contributed by atoms with Gasteiger partial charge in [-0.25, -0.2) is 0 Å². The minimum atomic E-state index is 0.934. The molecule has 1 aliphatic heterocycles. The summed E-state index contributed by atoms with van der Waals surface area (Å²) in [6.45, 7) is 1.98. The van der Waals surface area contributed by atoms with E-state index in [1.807, 2.05) is 31.2 Å². The lowest BCUT2D eigenvalue weighted by Crippen LogP contribution is -1.98. The van der Waals surface area contributed by atoms with Crippen LogP contribution in [-0.4, -0.2) is 0 Å². The third-order valence-corrected chi connectivity index (χ3v) is 3.99. The number of allylic oxidation sites excluding steroid dienone is 1. The highest BCUT2D eigenvalue weighted by atomic mass is 32.2. The summed E-state index contributed by atoms with van der Waals surface area (Å²) in [5, 5.41) is 2.05. The van der Waals surface area contributed by atoms with Gasteiger partial charge in [0.2, 0.25) is 0 Å². The quantitative estimate of drug-likeness (QED) is 0.744. The molecule has 94 valence electrons. The molecule has 3 rings (SSSR count). The molecule has 1 aliphatic rings. The molecule has 1 heterocycles. The first-order chi connectivity index (χ1) is 9.34. The molecule has 0 fully saturated rings. The molecule has 19 heavy (non-hydrogen) atoms. The molecular weight excluding hydrogens is 252 g/mol. The zero-order valence-electron chi connectivity index (χ0n) is 10.7. The molecule has 0 unspecified atom stereocenters. The Bertz CT molecular complexity index is 627. The van der Waals surface area contributed by atoms with Gasteiger partial charge in [-0.15, -0.1) is 0 Å². The standard InChI is InChI=1S/C17H14OS/c1-13-12-19-17(15-10-6-3-7-11-15)16(18-13)14-8-4-2-5-9-14/h2-12H,1H3. The second-order valence-corrected chi connectivity index (χ2v) is 5.22. The number of benzene rings is 2. The molecular formula is C17H14OS. The van der Waals surface area contributed by atoms with Crippen LogP contribution in [0.15, 0.2) is 71.8 Å². The maximum Gasteiger partial charge on any atom is 0.148 e. The van der Waals surface area contributed by atoms with Crippen LogP contribution in [0.25, 0.3) is 10.7 Å². The van der Waals surface area contributed by atoms with Crippen LogP contribution in [-0.2, 0) is 4.74 Å². The summed E-state index contributed by atoms with van der Waals surface area (Å²) in [6.07, 6.45) is 0. The van der Waals surface area contributed by atoms with Crippen molar-refractivity contribution in [3.63, 3.8) is 0 Å². The lowest BCUT2D eigenvalue weighted by molar-refractivity contribution is 0.387. The summed E-state index contributed by atoms with van der Waals surface area (Å²) in [6, 6.07) is 20.6. The van der Waals surface area contributed by atoms with Gasteiger partial charge < -0.3 is 4.74 Å². The van der Waals surface area contributed by atoms with Crippen molar-refractivity contribution >= 4 is 22.4 Å². The molecule has 0 saturated heterocycles. The third-order valence-electron chi connectivity index (χ3n) is 2.88. The Morgan fingerprint density at radius 3 is 2.00 bits per heavy atom. The average Bonchev–Trinajstić information content (AvgIpc) is 2.49. The van der Waals surface area contributed by atoms with E-state index in [1.54, 1.807) is 11.8 Å². The SMILES string of the molecule is CC1=CSC(c2ccccc2)=C(c2ccccc2)O1. The normalized spacial score (nSPS) is 14.9. The number of hydrogen-bond acceptors (Lipinski definition) is 2. The first-order valence-electron chi connectivity index (χ1n) is 6.21. The Hall–Kier alpha value is -1.93. The van der Waals surface area contributed by atoms with E-state index in [0.29, 0.717) is 0 Å². The minimum absolute atomic E-state index is 0.934. The molecule has 0 atom stereocenters. The van der Waals surface area contributed by atoms with Crippen molar-refractivity contribution in [1.29, 1.82) is 0 Å². The molecule has 0 amide bonds. The zero-order chi connectivity index (χ0) is 13.1. The summed E-state index contributed by atoms with van der Waals surface area (Å²) < 4.78 is 5.96. The van der Waals surface area contributed by atoms with Crippen molar-refractivity contribution in [2.75, 3.05) is 0 Å². The van der Waals surface area contributed by atoms with E-state index in [0.717, 1.165) is 22.0 Å². The molecule has 0 aromatic heterocycles. The van der Waals surface area contributed by atoms with Crippen molar-refractivity contribution in [3.05, 3.63) is 83.0 Å². The van der Waals surface area contributed by atoms with Crippen LogP contribution in [0.5, 0.6) is 0 Å². The summed E-state index contributed by atoms with van der Waals surface area (Å²) in [5.41, 5.74) is 2.30. The Balaban J connectivity index is 2.11. The second kappa shape index (κ2) is 5.37. The van der Waals surface area contributed by atoms with Crippen LogP contribution in [0.4, 0.5) is 0 Å². The largest absolute Gasteiger partial charge is 0.460 e. The van der Waals surface area contributed by atoms with Gasteiger partial charge in [0.15, 0.2) is 0 Å². The fraction of sp³-hybridized carbons (Fsp3) is 0.0588. The van der Waals surface area contributed by atoms with Crippen LogP contribution in [0.2, 0.25) is 0 Å². The smallest absolute Gasteiger partial charge is 0.148 e. The molecule has 0 saturated carbocycles. The Labute approximate surface area is 117 Å². The number of rotatable bonds is 2. The van der Waals surface area contributed by atoms with Crippen molar-refractivity contribution in [2.24, 2.45) is 0 Å². The first-order valence-corrected chi connectivity index (χ1v) is 7.09. The topological polar surface area (TPSA) is 9.23 Å². The van der Waals surface area contributed by atoms with Crippen LogP contribution in [0, 0.1) is 0 Å². The molecule has 2 aromatic rings. The first kappa shape index (κ1) is 12.1. The number of hydrogen-bond donors (Lipinski definition) is 0. The molecule has 0 bridgehead atoms. The summed E-state index contributed by atoms with van der Waals surface area (Å²) in [4.78, 5) is 1.16. The van der Waals surface area contributed by atoms with Gasteiger partial charge in [0.1, 0.15) is 11.5 Å². The van der Waals surface area contributed by atoms with E-state index in [9.17, 15) is 0 Å². The molecule has 2 heteroatoms. The van der Waals surface area contributed by atoms with E-state index >= 15 is 0 Å². The summed E-state index contributed by atoms with van der Waals surface area (Å²) in [7, 11) is 0. The number of ether oxygens (including phenoxy) is 1. The van der Waals surface area contributed by atoms with Gasteiger partial charge in [-0.05, 0) is 12.5 Å². The van der Waals surface area contributed by atoms with E-state index in [2.05, 4.69) is 41.8 Å². The van der Waals surface area contributed by atoms with E-state index in [4.69, 9.17) is 4.74 Å². The molecule has 0 aliphatic carbocycles. The third kappa shape index (κ3) is 2.59. The monoisotopic (exact) mass is 266 g/mol. The van der Waals surface area contributed by atoms with Crippen LogP contribution in [0.3, 0.4) is 0 Å². The predicted molar refractivity (Wildman–Crippen MR) is 82.1 cm³/mol. The molecule has 1 nitrogen and oxygen atoms in total. The van der Waals surface area contributed by atoms with Crippen LogP contribution in [0.1, 0.15) is 18.1 Å². The second-order valence-electron chi connectivity index (χ2n) is 4.34. The Morgan fingerprint density at radius 2 is 1.37 bits per heavy atom. The zero-order valence-corrected chi connectivity index (χ0v) is 11.5.